The van der Waals surface area contributed by atoms with Crippen LogP contribution in [-0.2, 0) is 4.79 Å². The van der Waals surface area contributed by atoms with Crippen molar-refractivity contribution in [1.29, 1.82) is 0 Å². The van der Waals surface area contributed by atoms with Crippen LogP contribution < -0.4 is 10.9 Å². The van der Waals surface area contributed by atoms with Crippen LogP contribution in [0.15, 0.2) is 12.1 Å². The zero-order chi connectivity index (χ0) is 12.0. The fourth-order valence-corrected chi connectivity index (χ4v) is 1.91. The predicted molar refractivity (Wildman–Crippen MR) is 64.2 cm³/mol. The second-order valence-corrected chi connectivity index (χ2v) is 4.80. The summed E-state index contributed by atoms with van der Waals surface area (Å²) in [6.07, 6.45) is 2.24. The molecule has 16 heavy (non-hydrogen) atoms. The van der Waals surface area contributed by atoms with Gasteiger partial charge in [-0.3, -0.25) is 20.4 Å². The molecule has 0 bridgehead atoms. The van der Waals surface area contributed by atoms with E-state index in [1.807, 2.05) is 19.9 Å². The molecule has 1 aromatic heterocycles. The molecule has 0 spiro atoms. The minimum atomic E-state index is -0.261. The van der Waals surface area contributed by atoms with Crippen LogP contribution in [-0.4, -0.2) is 11.8 Å². The van der Waals surface area contributed by atoms with E-state index in [0.29, 0.717) is 11.3 Å². The molecule has 2 amide bonds. The van der Waals surface area contributed by atoms with Gasteiger partial charge in [0.15, 0.2) is 0 Å². The van der Waals surface area contributed by atoms with Crippen molar-refractivity contribution in [3.8, 4) is 0 Å². The van der Waals surface area contributed by atoms with Crippen LogP contribution in [0.1, 0.15) is 40.7 Å². The van der Waals surface area contributed by atoms with Crippen LogP contribution in [0.25, 0.3) is 0 Å². The van der Waals surface area contributed by atoms with Crippen molar-refractivity contribution in [1.82, 2.24) is 10.9 Å². The van der Waals surface area contributed by atoms with Gasteiger partial charge >= 0.3 is 0 Å². The normalized spacial score (nSPS) is 9.88. The Morgan fingerprint density at radius 1 is 1.31 bits per heavy atom. The summed E-state index contributed by atoms with van der Waals surface area (Å²) in [5, 5.41) is 0. The lowest BCUT2D eigenvalue weighted by molar-refractivity contribution is -0.121. The number of unbranched alkanes of at least 4 members (excludes halogenated alkanes) is 1. The maximum atomic E-state index is 11.5. The summed E-state index contributed by atoms with van der Waals surface area (Å²) < 4.78 is 0. The van der Waals surface area contributed by atoms with Crippen LogP contribution >= 0.6 is 11.3 Å². The molecule has 0 radical (unpaired) electrons. The number of hydrogen-bond acceptors (Lipinski definition) is 3. The van der Waals surface area contributed by atoms with E-state index in [2.05, 4.69) is 10.9 Å². The summed E-state index contributed by atoms with van der Waals surface area (Å²) in [6.45, 7) is 3.95. The van der Waals surface area contributed by atoms with E-state index in [-0.39, 0.29) is 11.8 Å². The molecule has 0 aromatic carbocycles. The molecule has 0 unspecified atom stereocenters. The molecule has 0 aliphatic rings. The highest BCUT2D eigenvalue weighted by Crippen LogP contribution is 2.14. The Kier molecular flexibility index (Phi) is 4.98. The molecule has 0 fully saturated rings. The fraction of sp³-hybridized carbons (Fsp3) is 0.455. The number of carbonyl (C=O) groups excluding carboxylic acids is 2. The minimum Gasteiger partial charge on any atom is -0.273 e. The van der Waals surface area contributed by atoms with Crippen molar-refractivity contribution >= 4 is 23.2 Å². The number of thiophene rings is 1. The van der Waals surface area contributed by atoms with Gasteiger partial charge in [0.05, 0.1) is 4.88 Å². The second-order valence-electron chi connectivity index (χ2n) is 3.52. The van der Waals surface area contributed by atoms with Gasteiger partial charge in [-0.2, -0.15) is 0 Å². The molecule has 0 saturated heterocycles. The predicted octanol–water partition coefficient (Wildman–Crippen LogP) is 2.01. The maximum Gasteiger partial charge on any atom is 0.279 e. The zero-order valence-corrected chi connectivity index (χ0v) is 10.3. The zero-order valence-electron chi connectivity index (χ0n) is 9.50. The van der Waals surface area contributed by atoms with E-state index in [0.717, 1.165) is 17.7 Å². The summed E-state index contributed by atoms with van der Waals surface area (Å²) in [7, 11) is 0. The fourth-order valence-electron chi connectivity index (χ4n) is 1.14. The van der Waals surface area contributed by atoms with Gasteiger partial charge in [0.1, 0.15) is 0 Å². The van der Waals surface area contributed by atoms with Gasteiger partial charge in [0.25, 0.3) is 5.91 Å². The first-order valence-electron chi connectivity index (χ1n) is 5.29. The lowest BCUT2D eigenvalue weighted by atomic mass is 10.2. The van der Waals surface area contributed by atoms with E-state index in [9.17, 15) is 9.59 Å². The van der Waals surface area contributed by atoms with Gasteiger partial charge in [-0.1, -0.05) is 13.3 Å². The summed E-state index contributed by atoms with van der Waals surface area (Å²) >= 11 is 1.40. The topological polar surface area (TPSA) is 58.2 Å². The third-order valence-corrected chi connectivity index (χ3v) is 3.04. The average molecular weight is 240 g/mol. The van der Waals surface area contributed by atoms with Crippen LogP contribution in [0.2, 0.25) is 0 Å². The van der Waals surface area contributed by atoms with E-state index in [1.165, 1.54) is 11.3 Å². The van der Waals surface area contributed by atoms with Gasteiger partial charge < -0.3 is 0 Å². The van der Waals surface area contributed by atoms with Gasteiger partial charge in [-0.15, -0.1) is 11.3 Å². The molecule has 1 rings (SSSR count). The second kappa shape index (κ2) is 6.27. The Balaban J connectivity index is 2.33. The van der Waals surface area contributed by atoms with Crippen LogP contribution in [0.4, 0.5) is 0 Å². The minimum absolute atomic E-state index is 0.150. The Morgan fingerprint density at radius 2 is 2.06 bits per heavy atom. The number of hydrazine groups is 1. The lowest BCUT2D eigenvalue weighted by Gasteiger charge is -2.05. The summed E-state index contributed by atoms with van der Waals surface area (Å²) in [5.74, 6) is -0.411. The van der Waals surface area contributed by atoms with Crippen LogP contribution in [0.3, 0.4) is 0 Å². The summed E-state index contributed by atoms with van der Waals surface area (Å²) in [4.78, 5) is 24.4. The van der Waals surface area contributed by atoms with Crippen molar-refractivity contribution in [2.75, 3.05) is 0 Å². The molecule has 0 saturated carbocycles. The van der Waals surface area contributed by atoms with Gasteiger partial charge in [0, 0.05) is 11.3 Å². The highest BCUT2D eigenvalue weighted by Gasteiger charge is 2.08. The smallest absolute Gasteiger partial charge is 0.273 e. The standard InChI is InChI=1S/C11H16N2O2S/c1-3-4-5-10(14)12-13-11(15)9-7-6-8(2)16-9/h6-7H,3-5H2,1-2H3,(H,12,14)(H,13,15). The first-order valence-corrected chi connectivity index (χ1v) is 6.10. The molecule has 1 heterocycles. The molecule has 5 heteroatoms. The van der Waals surface area contributed by atoms with E-state index in [1.54, 1.807) is 6.07 Å². The molecular formula is C11H16N2O2S. The number of rotatable bonds is 4. The van der Waals surface area contributed by atoms with Crippen molar-refractivity contribution in [2.45, 2.75) is 33.1 Å². The number of hydrogen-bond donors (Lipinski definition) is 2. The monoisotopic (exact) mass is 240 g/mol. The molecule has 2 N–H and O–H groups in total. The highest BCUT2D eigenvalue weighted by atomic mass is 32.1. The quantitative estimate of drug-likeness (QED) is 0.791. The summed E-state index contributed by atoms with van der Waals surface area (Å²) in [5.41, 5.74) is 4.79. The van der Waals surface area contributed by atoms with Crippen molar-refractivity contribution in [3.63, 3.8) is 0 Å². The molecule has 1 aromatic rings. The third kappa shape index (κ3) is 4.02. The highest BCUT2D eigenvalue weighted by molar-refractivity contribution is 7.13. The molecule has 0 atom stereocenters. The SMILES string of the molecule is CCCCC(=O)NNC(=O)c1ccc(C)s1. The van der Waals surface area contributed by atoms with Gasteiger partial charge in [-0.25, -0.2) is 0 Å². The van der Waals surface area contributed by atoms with Crippen molar-refractivity contribution in [3.05, 3.63) is 21.9 Å². The first kappa shape index (κ1) is 12.7. The van der Waals surface area contributed by atoms with Crippen molar-refractivity contribution in [2.24, 2.45) is 0 Å². The Hall–Kier alpha value is -1.36. The number of aryl methyl sites for hydroxylation is 1. The van der Waals surface area contributed by atoms with Crippen molar-refractivity contribution < 1.29 is 9.59 Å². The van der Waals surface area contributed by atoms with E-state index in [4.69, 9.17) is 0 Å². The number of carbonyl (C=O) groups is 2. The Labute approximate surface area is 99.0 Å². The van der Waals surface area contributed by atoms with Gasteiger partial charge in [0.2, 0.25) is 5.91 Å². The van der Waals surface area contributed by atoms with Crippen LogP contribution in [0.5, 0.6) is 0 Å². The van der Waals surface area contributed by atoms with Gasteiger partial charge in [-0.05, 0) is 25.5 Å². The number of nitrogens with one attached hydrogen (secondary N) is 2. The summed E-state index contributed by atoms with van der Waals surface area (Å²) in [6, 6.07) is 3.62. The third-order valence-electron chi connectivity index (χ3n) is 2.04. The first-order chi connectivity index (χ1) is 7.63. The molecule has 88 valence electrons. The molecular weight excluding hydrogens is 224 g/mol. The van der Waals surface area contributed by atoms with E-state index < -0.39 is 0 Å². The molecule has 0 aliphatic heterocycles. The Bertz CT molecular complexity index is 374. The molecule has 4 nitrogen and oxygen atoms in total. The lowest BCUT2D eigenvalue weighted by Crippen LogP contribution is -2.41. The maximum absolute atomic E-state index is 11.5. The van der Waals surface area contributed by atoms with Crippen LogP contribution in [0, 0.1) is 6.92 Å². The number of amides is 2. The van der Waals surface area contributed by atoms with E-state index >= 15 is 0 Å². The average Bonchev–Trinajstić information content (AvgIpc) is 2.69. The molecule has 0 aliphatic carbocycles. The largest absolute Gasteiger partial charge is 0.279 e. The Morgan fingerprint density at radius 3 is 2.62 bits per heavy atom.